The molecule has 0 amide bonds. The van der Waals surface area contributed by atoms with Gasteiger partial charge in [0.25, 0.3) is 0 Å². The third kappa shape index (κ3) is 4.48. The Morgan fingerprint density at radius 1 is 0.769 bits per heavy atom. The molecular weight excluding hydrogens is 496 g/mol. The van der Waals surface area contributed by atoms with Gasteiger partial charge < -0.3 is 5.11 Å². The van der Waals surface area contributed by atoms with Crippen molar-refractivity contribution < 1.29 is 5.11 Å². The van der Waals surface area contributed by atoms with Gasteiger partial charge in [-0.05, 0) is 107 Å². The molecule has 3 aliphatic carbocycles. The summed E-state index contributed by atoms with van der Waals surface area (Å²) >= 11 is 6.72. The zero-order valence-electron chi connectivity index (χ0n) is 23.1. The van der Waals surface area contributed by atoms with Crippen LogP contribution in [0.2, 0.25) is 5.02 Å². The van der Waals surface area contributed by atoms with E-state index in [1.54, 1.807) is 0 Å². The van der Waals surface area contributed by atoms with E-state index in [0.29, 0.717) is 11.7 Å². The highest BCUT2D eigenvalue weighted by atomic mass is 35.5. The van der Waals surface area contributed by atoms with Crippen LogP contribution in [0.5, 0.6) is 5.75 Å². The Labute approximate surface area is 238 Å². The van der Waals surface area contributed by atoms with Crippen LogP contribution in [0.25, 0.3) is 10.8 Å². The summed E-state index contributed by atoms with van der Waals surface area (Å²) in [6.07, 6.45) is 12.5. The van der Waals surface area contributed by atoms with Crippen LogP contribution in [-0.2, 0) is 11.8 Å². The van der Waals surface area contributed by atoms with Gasteiger partial charge in [-0.1, -0.05) is 98.8 Å². The van der Waals surface area contributed by atoms with Crippen LogP contribution in [0.4, 0.5) is 0 Å². The zero-order chi connectivity index (χ0) is 26.6. The third-order valence-electron chi connectivity index (χ3n) is 10.3. The molecule has 200 valence electrons. The first kappa shape index (κ1) is 25.2. The van der Waals surface area contributed by atoms with E-state index in [2.05, 4.69) is 61.5 Å². The molecule has 39 heavy (non-hydrogen) atoms. The van der Waals surface area contributed by atoms with Crippen LogP contribution in [0.1, 0.15) is 110 Å². The largest absolute Gasteiger partial charge is 0.508 e. The molecule has 7 rings (SSSR count). The number of phenols is 1. The van der Waals surface area contributed by atoms with Gasteiger partial charge in [0, 0.05) is 21.9 Å². The van der Waals surface area contributed by atoms with E-state index in [1.807, 2.05) is 18.2 Å². The first-order valence-corrected chi connectivity index (χ1v) is 15.5. The van der Waals surface area contributed by atoms with Crippen LogP contribution < -0.4 is 0 Å². The fourth-order valence-electron chi connectivity index (χ4n) is 7.91. The second kappa shape index (κ2) is 10.0. The maximum absolute atomic E-state index is 11.2. The number of benzene rings is 4. The molecule has 0 aliphatic heterocycles. The van der Waals surface area contributed by atoms with Crippen LogP contribution in [0, 0.1) is 5.92 Å². The molecule has 0 radical (unpaired) electrons. The average Bonchev–Trinajstić information content (AvgIpc) is 3.64. The van der Waals surface area contributed by atoms with Crippen molar-refractivity contribution in [2.45, 2.75) is 88.4 Å². The lowest BCUT2D eigenvalue weighted by Crippen LogP contribution is -2.10. The van der Waals surface area contributed by atoms with Crippen LogP contribution in [0.3, 0.4) is 0 Å². The third-order valence-corrected chi connectivity index (χ3v) is 10.6. The molecule has 1 atom stereocenters. The fourth-order valence-corrected chi connectivity index (χ4v) is 8.23. The molecule has 0 saturated heterocycles. The van der Waals surface area contributed by atoms with Crippen molar-refractivity contribution in [3.8, 4) is 5.75 Å². The second-order valence-corrected chi connectivity index (χ2v) is 13.1. The molecule has 3 aliphatic rings. The summed E-state index contributed by atoms with van der Waals surface area (Å²) in [5.74, 6) is 2.14. The highest BCUT2D eigenvalue weighted by molar-refractivity contribution is 6.31. The van der Waals surface area contributed by atoms with Crippen molar-refractivity contribution in [1.29, 1.82) is 0 Å². The van der Waals surface area contributed by atoms with Gasteiger partial charge in [0.15, 0.2) is 0 Å². The van der Waals surface area contributed by atoms with Crippen molar-refractivity contribution >= 4 is 22.4 Å². The van der Waals surface area contributed by atoms with Crippen molar-refractivity contribution in [2.75, 3.05) is 0 Å². The fraction of sp³-hybridized carbons (Fsp3) is 0.405. The summed E-state index contributed by atoms with van der Waals surface area (Å²) in [5, 5.41) is 14.4. The van der Waals surface area contributed by atoms with Gasteiger partial charge >= 0.3 is 0 Å². The first-order valence-electron chi connectivity index (χ1n) is 15.2. The summed E-state index contributed by atoms with van der Waals surface area (Å²) in [5.41, 5.74) is 8.02. The van der Waals surface area contributed by atoms with E-state index in [9.17, 15) is 5.11 Å². The summed E-state index contributed by atoms with van der Waals surface area (Å²) < 4.78 is 0. The molecule has 4 aromatic carbocycles. The van der Waals surface area contributed by atoms with Gasteiger partial charge in [0.05, 0.1) is 0 Å². The van der Waals surface area contributed by atoms with Gasteiger partial charge in [0.1, 0.15) is 5.75 Å². The van der Waals surface area contributed by atoms with Gasteiger partial charge in [-0.15, -0.1) is 0 Å². The second-order valence-electron chi connectivity index (χ2n) is 12.7. The molecule has 4 aromatic rings. The molecule has 1 unspecified atom stereocenters. The Morgan fingerprint density at radius 2 is 1.49 bits per heavy atom. The number of phenolic OH excluding ortho intramolecular Hbond substituents is 1. The number of aryl methyl sites for hydroxylation is 1. The zero-order valence-corrected chi connectivity index (χ0v) is 23.8. The summed E-state index contributed by atoms with van der Waals surface area (Å²) in [6.45, 7) is 2.42. The topological polar surface area (TPSA) is 20.2 Å². The Kier molecular flexibility index (Phi) is 6.47. The minimum Gasteiger partial charge on any atom is -0.508 e. The van der Waals surface area contributed by atoms with Gasteiger partial charge in [-0.3, -0.25) is 0 Å². The quantitative estimate of drug-likeness (QED) is 0.276. The Morgan fingerprint density at radius 3 is 2.23 bits per heavy atom. The van der Waals surface area contributed by atoms with Crippen molar-refractivity contribution in [2.24, 2.45) is 5.92 Å². The molecule has 2 heteroatoms. The monoisotopic (exact) mass is 534 g/mol. The predicted octanol–water partition coefficient (Wildman–Crippen LogP) is 10.4. The lowest BCUT2D eigenvalue weighted by atomic mass is 9.81. The SMILES string of the molecule is CC1CCCC(c2ccc(C3(c4ccc5ccc(O)c(C6CCc7cccc(Cl)c76)c5c4)CC3)cc2)CCC1. The Bertz CT molecular complexity index is 1500. The number of fused-ring (bicyclic) bond motifs is 2. The molecule has 2 fully saturated rings. The number of hydrogen-bond donors (Lipinski definition) is 1. The van der Waals surface area contributed by atoms with Crippen LogP contribution in [0.15, 0.2) is 72.8 Å². The molecule has 0 heterocycles. The molecule has 1 N–H and O–H groups in total. The minimum atomic E-state index is 0.0943. The molecule has 0 bridgehead atoms. The smallest absolute Gasteiger partial charge is 0.120 e. The lowest BCUT2D eigenvalue weighted by molar-refractivity contribution is 0.378. The highest BCUT2D eigenvalue weighted by Gasteiger charge is 2.46. The van der Waals surface area contributed by atoms with E-state index in [1.165, 1.54) is 90.0 Å². The van der Waals surface area contributed by atoms with Gasteiger partial charge in [-0.25, -0.2) is 0 Å². The summed E-state index contributed by atoms with van der Waals surface area (Å²) in [4.78, 5) is 0. The maximum atomic E-state index is 11.2. The van der Waals surface area contributed by atoms with E-state index in [0.717, 1.165) is 29.3 Å². The molecule has 2 saturated carbocycles. The molecular formula is C37H39ClO. The number of hydrogen-bond acceptors (Lipinski definition) is 1. The lowest BCUT2D eigenvalue weighted by Gasteiger charge is -2.24. The first-order chi connectivity index (χ1) is 19.0. The predicted molar refractivity (Wildman–Crippen MR) is 163 cm³/mol. The Hall–Kier alpha value is -2.77. The van der Waals surface area contributed by atoms with E-state index < -0.39 is 0 Å². The number of aromatic hydroxyl groups is 1. The van der Waals surface area contributed by atoms with Gasteiger partial charge in [-0.2, -0.15) is 0 Å². The molecule has 1 nitrogen and oxygen atoms in total. The van der Waals surface area contributed by atoms with E-state index in [-0.39, 0.29) is 11.3 Å². The molecule has 0 spiro atoms. The average molecular weight is 535 g/mol. The Balaban J connectivity index is 1.23. The number of rotatable bonds is 4. The maximum Gasteiger partial charge on any atom is 0.120 e. The van der Waals surface area contributed by atoms with E-state index in [4.69, 9.17) is 11.6 Å². The van der Waals surface area contributed by atoms with Crippen LogP contribution >= 0.6 is 11.6 Å². The van der Waals surface area contributed by atoms with Crippen LogP contribution in [-0.4, -0.2) is 5.11 Å². The molecule has 0 aromatic heterocycles. The van der Waals surface area contributed by atoms with Gasteiger partial charge in [0.2, 0.25) is 0 Å². The van der Waals surface area contributed by atoms with Crippen molar-refractivity contribution in [3.05, 3.63) is 111 Å². The standard InChI is InChI=1S/C37H39ClO/c1-24-5-2-7-25(8-3-6-24)26-11-16-29(17-12-26)37(21-22-37)30-18-13-27-15-20-34(39)36(32(27)23-30)31-19-14-28-9-4-10-33(38)35(28)31/h4,9-13,15-18,20,23-25,31,39H,2-3,5-8,14,19,21-22H2,1H3. The van der Waals surface area contributed by atoms with E-state index >= 15 is 0 Å². The van der Waals surface area contributed by atoms with Crippen molar-refractivity contribution in [3.63, 3.8) is 0 Å². The summed E-state index contributed by atoms with van der Waals surface area (Å²) in [7, 11) is 0. The summed E-state index contributed by atoms with van der Waals surface area (Å²) in [6, 6.07) is 26.8. The normalized spacial score (nSPS) is 24.2. The number of halogens is 1. The van der Waals surface area contributed by atoms with Crippen molar-refractivity contribution in [1.82, 2.24) is 0 Å². The minimum absolute atomic E-state index is 0.0943. The highest BCUT2D eigenvalue weighted by Crippen LogP contribution is 2.55.